The molecule has 0 atom stereocenters. The van der Waals surface area contributed by atoms with Gasteiger partial charge in [-0.25, -0.2) is 0 Å². The predicted octanol–water partition coefficient (Wildman–Crippen LogP) is 1.33. The van der Waals surface area contributed by atoms with Gasteiger partial charge in [-0.15, -0.1) is 0 Å². The van der Waals surface area contributed by atoms with Gasteiger partial charge >= 0.3 is 6.16 Å². The average Bonchev–Trinajstić information content (AvgIpc) is 2.67. The summed E-state index contributed by atoms with van der Waals surface area (Å²) in [6, 6.07) is 8.24. The molecule has 0 aliphatic heterocycles. The molecule has 30 heavy (non-hydrogen) atoms. The highest BCUT2D eigenvalue weighted by molar-refractivity contribution is 6.10. The summed E-state index contributed by atoms with van der Waals surface area (Å²) in [7, 11) is 1.40. The number of aliphatic hydroxyl groups is 3. The van der Waals surface area contributed by atoms with Gasteiger partial charge in [-0.3, -0.25) is 9.59 Å². The first kappa shape index (κ1) is 22.6. The molecule has 0 saturated heterocycles. The number of hydrogen-bond acceptors (Lipinski definition) is 9. The van der Waals surface area contributed by atoms with Gasteiger partial charge in [-0.2, -0.15) is 0 Å². The van der Waals surface area contributed by atoms with E-state index in [4.69, 9.17) is 20.1 Å². The van der Waals surface area contributed by atoms with E-state index in [1.54, 1.807) is 6.07 Å². The van der Waals surface area contributed by atoms with E-state index in [1.165, 1.54) is 43.5 Å². The highest BCUT2D eigenvalue weighted by Crippen LogP contribution is 2.29. The van der Waals surface area contributed by atoms with Crippen molar-refractivity contribution in [1.29, 1.82) is 0 Å². The van der Waals surface area contributed by atoms with Crippen LogP contribution in [0.5, 0.6) is 23.0 Å². The SMILES string of the molecule is COc1cc(/C=C/C(=O)CC(=O)/C=C/c2ccc(O)c(OC(O)(O)O)c2)ccc1O. The minimum atomic E-state index is -3.48. The zero-order valence-electron chi connectivity index (χ0n) is 15.8. The number of carbonyl (C=O) groups excluding carboxylic acids is 2. The summed E-state index contributed by atoms with van der Waals surface area (Å²) in [5, 5.41) is 45.6. The van der Waals surface area contributed by atoms with Gasteiger partial charge < -0.3 is 35.0 Å². The molecule has 9 heteroatoms. The number of phenolic OH excluding ortho intramolecular Hbond substituents is 2. The molecule has 0 amide bonds. The number of rotatable bonds is 9. The number of aromatic hydroxyl groups is 2. The Morgan fingerprint density at radius 2 is 1.33 bits per heavy atom. The summed E-state index contributed by atoms with van der Waals surface area (Å²) in [6.07, 6.45) is 1.30. The van der Waals surface area contributed by atoms with Gasteiger partial charge in [0, 0.05) is 0 Å². The van der Waals surface area contributed by atoms with Gasteiger partial charge in [0.15, 0.2) is 34.6 Å². The number of hydrogen-bond donors (Lipinski definition) is 5. The van der Waals surface area contributed by atoms with Crippen molar-refractivity contribution in [3.63, 3.8) is 0 Å². The number of ketones is 2. The van der Waals surface area contributed by atoms with Gasteiger partial charge in [-0.05, 0) is 47.5 Å². The minimum Gasteiger partial charge on any atom is -0.504 e. The molecule has 0 fully saturated rings. The third-order valence-electron chi connectivity index (χ3n) is 3.71. The molecule has 9 nitrogen and oxygen atoms in total. The Bertz CT molecular complexity index is 984. The van der Waals surface area contributed by atoms with Crippen LogP contribution in [-0.4, -0.2) is 50.4 Å². The summed E-state index contributed by atoms with van der Waals surface area (Å²) in [4.78, 5) is 23.9. The molecular weight excluding hydrogens is 396 g/mol. The first-order valence-electron chi connectivity index (χ1n) is 8.55. The molecule has 0 bridgehead atoms. The maximum atomic E-state index is 12.0. The quantitative estimate of drug-likeness (QED) is 0.231. The van der Waals surface area contributed by atoms with Crippen LogP contribution < -0.4 is 9.47 Å². The van der Waals surface area contributed by atoms with Crippen LogP contribution in [0.4, 0.5) is 0 Å². The third kappa shape index (κ3) is 7.06. The zero-order valence-corrected chi connectivity index (χ0v) is 15.8. The van der Waals surface area contributed by atoms with E-state index in [-0.39, 0.29) is 11.5 Å². The van der Waals surface area contributed by atoms with Crippen LogP contribution in [-0.2, 0) is 9.59 Å². The Hall–Kier alpha value is -3.66. The van der Waals surface area contributed by atoms with Crippen molar-refractivity contribution in [2.45, 2.75) is 12.6 Å². The molecule has 0 aromatic heterocycles. The van der Waals surface area contributed by atoms with Gasteiger partial charge in [-0.1, -0.05) is 24.3 Å². The Labute approximate surface area is 171 Å². The maximum absolute atomic E-state index is 12.0. The fraction of sp³-hybridized carbons (Fsp3) is 0.143. The molecule has 158 valence electrons. The number of methoxy groups -OCH3 is 1. The van der Waals surface area contributed by atoms with E-state index in [0.29, 0.717) is 11.1 Å². The van der Waals surface area contributed by atoms with Gasteiger partial charge in [0.2, 0.25) is 0 Å². The van der Waals surface area contributed by atoms with E-state index >= 15 is 0 Å². The molecule has 2 rings (SSSR count). The molecule has 0 unspecified atom stereocenters. The van der Waals surface area contributed by atoms with E-state index in [0.717, 1.165) is 18.2 Å². The lowest BCUT2D eigenvalue weighted by Crippen LogP contribution is -2.34. The number of phenols is 2. The summed E-state index contributed by atoms with van der Waals surface area (Å²) in [5.41, 5.74) is 0.935. The summed E-state index contributed by atoms with van der Waals surface area (Å²) < 4.78 is 9.33. The summed E-state index contributed by atoms with van der Waals surface area (Å²) in [5.74, 6) is -1.62. The minimum absolute atomic E-state index is 0.0354. The lowest BCUT2D eigenvalue weighted by Gasteiger charge is -2.16. The Balaban J connectivity index is 1.99. The molecular formula is C21H20O9. The molecule has 5 N–H and O–H groups in total. The van der Waals surface area contributed by atoms with Gasteiger partial charge in [0.25, 0.3) is 0 Å². The topological polar surface area (TPSA) is 154 Å². The van der Waals surface area contributed by atoms with E-state index in [1.807, 2.05) is 0 Å². The second-order valence-electron chi connectivity index (χ2n) is 6.11. The van der Waals surface area contributed by atoms with Crippen LogP contribution in [0.25, 0.3) is 12.2 Å². The number of ether oxygens (including phenoxy) is 2. The van der Waals surface area contributed by atoms with Crippen LogP contribution in [0.2, 0.25) is 0 Å². The van der Waals surface area contributed by atoms with Crippen LogP contribution in [0.1, 0.15) is 17.5 Å². The van der Waals surface area contributed by atoms with Gasteiger partial charge in [0.05, 0.1) is 13.5 Å². The second kappa shape index (κ2) is 9.70. The van der Waals surface area contributed by atoms with Gasteiger partial charge in [0.1, 0.15) is 0 Å². The first-order valence-corrected chi connectivity index (χ1v) is 8.55. The first-order chi connectivity index (χ1) is 14.1. The molecule has 0 heterocycles. The number of allylic oxidation sites excluding steroid dienone is 2. The average molecular weight is 416 g/mol. The van der Waals surface area contributed by atoms with E-state index in [9.17, 15) is 19.8 Å². The highest BCUT2D eigenvalue weighted by Gasteiger charge is 2.22. The molecule has 2 aromatic rings. The molecule has 0 saturated carbocycles. The van der Waals surface area contributed by atoms with E-state index in [2.05, 4.69) is 4.74 Å². The van der Waals surface area contributed by atoms with Crippen molar-refractivity contribution in [2.75, 3.05) is 7.11 Å². The maximum Gasteiger partial charge on any atom is 0.453 e. The van der Waals surface area contributed by atoms with Crippen molar-refractivity contribution in [2.24, 2.45) is 0 Å². The lowest BCUT2D eigenvalue weighted by molar-refractivity contribution is -0.419. The van der Waals surface area contributed by atoms with Crippen LogP contribution >= 0.6 is 0 Å². The molecule has 0 aliphatic carbocycles. The van der Waals surface area contributed by atoms with Crippen molar-refractivity contribution >= 4 is 23.7 Å². The smallest absolute Gasteiger partial charge is 0.453 e. The zero-order chi connectivity index (χ0) is 22.3. The fourth-order valence-corrected chi connectivity index (χ4v) is 2.33. The van der Waals surface area contributed by atoms with Crippen LogP contribution in [0.3, 0.4) is 0 Å². The Morgan fingerprint density at radius 3 is 1.80 bits per heavy atom. The number of benzene rings is 2. The largest absolute Gasteiger partial charge is 0.504 e. The van der Waals surface area contributed by atoms with Crippen molar-refractivity contribution < 1.29 is 44.6 Å². The van der Waals surface area contributed by atoms with E-state index < -0.39 is 35.6 Å². The highest BCUT2D eigenvalue weighted by atomic mass is 16.9. The Morgan fingerprint density at radius 1 is 0.867 bits per heavy atom. The predicted molar refractivity (Wildman–Crippen MR) is 105 cm³/mol. The van der Waals surface area contributed by atoms with Crippen LogP contribution in [0.15, 0.2) is 48.6 Å². The van der Waals surface area contributed by atoms with Crippen molar-refractivity contribution in [3.05, 3.63) is 59.7 Å². The molecule has 2 aromatic carbocycles. The molecule has 0 radical (unpaired) electrons. The second-order valence-corrected chi connectivity index (χ2v) is 6.11. The molecule has 0 spiro atoms. The summed E-state index contributed by atoms with van der Waals surface area (Å²) in [6.45, 7) is 0. The van der Waals surface area contributed by atoms with Crippen molar-refractivity contribution in [1.82, 2.24) is 0 Å². The third-order valence-corrected chi connectivity index (χ3v) is 3.71. The summed E-state index contributed by atoms with van der Waals surface area (Å²) >= 11 is 0. The van der Waals surface area contributed by atoms with Crippen molar-refractivity contribution in [3.8, 4) is 23.0 Å². The fourth-order valence-electron chi connectivity index (χ4n) is 2.33. The molecule has 0 aliphatic rings. The normalized spacial score (nSPS) is 11.7. The van der Waals surface area contributed by atoms with Crippen LogP contribution in [0, 0.1) is 0 Å². The lowest BCUT2D eigenvalue weighted by atomic mass is 10.1. The standard InChI is InChI=1S/C21H20O9/c1-29-19-10-13(4-8-17(19)24)2-6-15(22)12-16(23)7-3-14-5-9-18(25)20(11-14)30-21(26,27)28/h2-11,24-28H,12H2,1H3/b6-2+,7-3+. The number of carbonyl (C=O) groups is 2. The monoisotopic (exact) mass is 416 g/mol. The Kier molecular flexibility index (Phi) is 7.32.